The molecule has 1 aromatic rings. The maximum Gasteiger partial charge on any atom is 0.0886 e. The standard InChI is InChI=1S/C7H11N5O/c1-2-12-4-6(3-9-12)7(5-13)10-11-8/h3-4,7,13H,2,5H2,1H3. The van der Waals surface area contributed by atoms with E-state index in [2.05, 4.69) is 15.1 Å². The van der Waals surface area contributed by atoms with E-state index in [1.54, 1.807) is 17.1 Å². The van der Waals surface area contributed by atoms with E-state index in [1.807, 2.05) is 6.92 Å². The van der Waals surface area contributed by atoms with E-state index in [9.17, 15) is 0 Å². The summed E-state index contributed by atoms with van der Waals surface area (Å²) < 4.78 is 1.71. The second-order valence-electron chi connectivity index (χ2n) is 2.53. The van der Waals surface area contributed by atoms with Crippen LogP contribution in [0.1, 0.15) is 18.5 Å². The third-order valence-corrected chi connectivity index (χ3v) is 1.73. The summed E-state index contributed by atoms with van der Waals surface area (Å²) in [5.74, 6) is 0. The molecule has 0 spiro atoms. The molecule has 0 saturated heterocycles. The van der Waals surface area contributed by atoms with Gasteiger partial charge in [-0.1, -0.05) is 5.11 Å². The Morgan fingerprint density at radius 3 is 3.08 bits per heavy atom. The summed E-state index contributed by atoms with van der Waals surface area (Å²) in [6.07, 6.45) is 3.36. The van der Waals surface area contributed by atoms with Crippen molar-refractivity contribution in [3.63, 3.8) is 0 Å². The fourth-order valence-electron chi connectivity index (χ4n) is 0.996. The van der Waals surface area contributed by atoms with Crippen LogP contribution in [0.2, 0.25) is 0 Å². The summed E-state index contributed by atoms with van der Waals surface area (Å²) in [5.41, 5.74) is 8.95. The molecule has 0 fully saturated rings. The first kappa shape index (κ1) is 9.57. The summed E-state index contributed by atoms with van der Waals surface area (Å²) in [5, 5.41) is 16.3. The van der Waals surface area contributed by atoms with Crippen molar-refractivity contribution in [1.82, 2.24) is 9.78 Å². The van der Waals surface area contributed by atoms with E-state index in [0.717, 1.165) is 12.1 Å². The minimum atomic E-state index is -0.523. The van der Waals surface area contributed by atoms with E-state index >= 15 is 0 Å². The van der Waals surface area contributed by atoms with Crippen LogP contribution in [0.25, 0.3) is 10.4 Å². The molecule has 1 rings (SSSR count). The molecule has 0 aliphatic heterocycles. The Morgan fingerprint density at radius 1 is 1.85 bits per heavy atom. The molecule has 6 nitrogen and oxygen atoms in total. The molecule has 0 saturated carbocycles. The van der Waals surface area contributed by atoms with Gasteiger partial charge < -0.3 is 5.11 Å². The summed E-state index contributed by atoms with van der Waals surface area (Å²) >= 11 is 0. The fraction of sp³-hybridized carbons (Fsp3) is 0.571. The van der Waals surface area contributed by atoms with Gasteiger partial charge in [-0.3, -0.25) is 4.68 Å². The molecule has 0 amide bonds. The number of azide groups is 1. The van der Waals surface area contributed by atoms with Gasteiger partial charge in [0.15, 0.2) is 0 Å². The van der Waals surface area contributed by atoms with Gasteiger partial charge in [-0.05, 0) is 12.5 Å². The molecule has 1 N–H and O–H groups in total. The van der Waals surface area contributed by atoms with Crippen LogP contribution < -0.4 is 0 Å². The lowest BCUT2D eigenvalue weighted by molar-refractivity contribution is 0.268. The zero-order valence-corrected chi connectivity index (χ0v) is 7.33. The zero-order chi connectivity index (χ0) is 9.68. The van der Waals surface area contributed by atoms with Crippen molar-refractivity contribution >= 4 is 0 Å². The van der Waals surface area contributed by atoms with E-state index < -0.39 is 6.04 Å². The van der Waals surface area contributed by atoms with Crippen LogP contribution in [0.15, 0.2) is 17.5 Å². The lowest BCUT2D eigenvalue weighted by Crippen LogP contribution is -1.98. The highest BCUT2D eigenvalue weighted by atomic mass is 16.3. The average Bonchev–Trinajstić information content (AvgIpc) is 2.62. The molecule has 1 unspecified atom stereocenters. The summed E-state index contributed by atoms with van der Waals surface area (Å²) in [4.78, 5) is 2.65. The Balaban J connectivity index is 2.84. The summed E-state index contributed by atoms with van der Waals surface area (Å²) in [6.45, 7) is 2.52. The Bertz CT molecular complexity index is 314. The highest BCUT2D eigenvalue weighted by Gasteiger charge is 2.09. The lowest BCUT2D eigenvalue weighted by atomic mass is 10.2. The van der Waals surface area contributed by atoms with Gasteiger partial charge in [0.2, 0.25) is 0 Å². The van der Waals surface area contributed by atoms with Gasteiger partial charge in [0.25, 0.3) is 0 Å². The first-order valence-corrected chi connectivity index (χ1v) is 3.99. The van der Waals surface area contributed by atoms with Crippen molar-refractivity contribution in [3.8, 4) is 0 Å². The largest absolute Gasteiger partial charge is 0.396 e. The zero-order valence-electron chi connectivity index (χ0n) is 7.33. The number of nitrogens with zero attached hydrogens (tertiary/aromatic N) is 5. The minimum Gasteiger partial charge on any atom is -0.396 e. The molecule has 0 aliphatic rings. The normalized spacial score (nSPS) is 12.2. The number of hydrogen-bond donors (Lipinski definition) is 1. The van der Waals surface area contributed by atoms with Crippen molar-refractivity contribution in [1.29, 1.82) is 0 Å². The minimum absolute atomic E-state index is 0.195. The number of rotatable bonds is 4. The van der Waals surface area contributed by atoms with Gasteiger partial charge in [0.1, 0.15) is 0 Å². The third-order valence-electron chi connectivity index (χ3n) is 1.73. The predicted molar refractivity (Wildman–Crippen MR) is 46.9 cm³/mol. The Morgan fingerprint density at radius 2 is 2.62 bits per heavy atom. The first-order valence-electron chi connectivity index (χ1n) is 3.99. The van der Waals surface area contributed by atoms with Crippen molar-refractivity contribution < 1.29 is 5.11 Å². The maximum atomic E-state index is 8.89. The van der Waals surface area contributed by atoms with E-state index in [-0.39, 0.29) is 6.61 Å². The van der Waals surface area contributed by atoms with Crippen LogP contribution in [-0.4, -0.2) is 21.5 Å². The van der Waals surface area contributed by atoms with Crippen molar-refractivity contribution in [2.24, 2.45) is 5.11 Å². The van der Waals surface area contributed by atoms with Gasteiger partial charge >= 0.3 is 0 Å². The first-order chi connectivity index (χ1) is 6.31. The highest BCUT2D eigenvalue weighted by Crippen LogP contribution is 2.15. The molecule has 6 heteroatoms. The van der Waals surface area contributed by atoms with Crippen LogP contribution in [0.3, 0.4) is 0 Å². The molecule has 1 atom stereocenters. The molecule has 0 aliphatic carbocycles. The molecule has 70 valence electrons. The van der Waals surface area contributed by atoms with Crippen molar-refractivity contribution in [2.75, 3.05) is 6.61 Å². The Hall–Kier alpha value is -1.52. The van der Waals surface area contributed by atoms with Gasteiger partial charge in [-0.25, -0.2) is 0 Å². The number of aliphatic hydroxyl groups is 1. The second-order valence-corrected chi connectivity index (χ2v) is 2.53. The molecule has 1 heterocycles. The molecule has 0 bridgehead atoms. The number of aliphatic hydroxyl groups excluding tert-OH is 1. The molecular formula is C7H11N5O. The molecule has 0 aromatic carbocycles. The lowest BCUT2D eigenvalue weighted by Gasteiger charge is -2.02. The van der Waals surface area contributed by atoms with E-state index in [1.165, 1.54) is 0 Å². The van der Waals surface area contributed by atoms with Gasteiger partial charge in [0, 0.05) is 23.2 Å². The number of aryl methyl sites for hydroxylation is 1. The van der Waals surface area contributed by atoms with Gasteiger partial charge in [0.05, 0.1) is 18.8 Å². The Labute approximate surface area is 75.4 Å². The highest BCUT2D eigenvalue weighted by molar-refractivity contribution is 5.10. The van der Waals surface area contributed by atoms with Crippen LogP contribution in [0.4, 0.5) is 0 Å². The fourth-order valence-corrected chi connectivity index (χ4v) is 0.996. The number of aromatic nitrogens is 2. The molecule has 0 radical (unpaired) electrons. The average molecular weight is 181 g/mol. The number of hydrogen-bond acceptors (Lipinski definition) is 3. The van der Waals surface area contributed by atoms with Crippen LogP contribution in [0, 0.1) is 0 Å². The van der Waals surface area contributed by atoms with Crippen molar-refractivity contribution in [2.45, 2.75) is 19.5 Å². The third kappa shape index (κ3) is 2.21. The van der Waals surface area contributed by atoms with Crippen molar-refractivity contribution in [3.05, 3.63) is 28.4 Å². The summed E-state index contributed by atoms with van der Waals surface area (Å²) in [6, 6.07) is -0.523. The van der Waals surface area contributed by atoms with E-state index in [4.69, 9.17) is 10.6 Å². The van der Waals surface area contributed by atoms with Crippen LogP contribution >= 0.6 is 0 Å². The second kappa shape index (κ2) is 4.49. The predicted octanol–water partition coefficient (Wildman–Crippen LogP) is 1.25. The summed E-state index contributed by atoms with van der Waals surface area (Å²) in [7, 11) is 0. The van der Waals surface area contributed by atoms with E-state index in [0.29, 0.717) is 0 Å². The quantitative estimate of drug-likeness (QED) is 0.430. The monoisotopic (exact) mass is 181 g/mol. The molecular weight excluding hydrogens is 170 g/mol. The molecule has 1 aromatic heterocycles. The topological polar surface area (TPSA) is 86.8 Å². The Kier molecular flexibility index (Phi) is 3.31. The SMILES string of the molecule is CCn1cc(C(CO)N=[N+]=[N-])cn1. The van der Waals surface area contributed by atoms with Gasteiger partial charge in [-0.15, -0.1) is 0 Å². The smallest absolute Gasteiger partial charge is 0.0886 e. The van der Waals surface area contributed by atoms with Crippen LogP contribution in [-0.2, 0) is 6.54 Å². The van der Waals surface area contributed by atoms with Gasteiger partial charge in [-0.2, -0.15) is 5.10 Å². The van der Waals surface area contributed by atoms with Crippen LogP contribution in [0.5, 0.6) is 0 Å². The molecule has 13 heavy (non-hydrogen) atoms. The maximum absolute atomic E-state index is 8.89.